The summed E-state index contributed by atoms with van der Waals surface area (Å²) in [5.41, 5.74) is 7.66. The molecule has 0 radical (unpaired) electrons. The third-order valence-corrected chi connectivity index (χ3v) is 12.5. The van der Waals surface area contributed by atoms with Crippen molar-refractivity contribution < 1.29 is 0 Å². The highest BCUT2D eigenvalue weighted by molar-refractivity contribution is 7.26. The van der Waals surface area contributed by atoms with Gasteiger partial charge in [-0.2, -0.15) is 0 Å². The van der Waals surface area contributed by atoms with Crippen LogP contribution < -0.4 is 0 Å². The van der Waals surface area contributed by atoms with E-state index in [9.17, 15) is 0 Å². The summed E-state index contributed by atoms with van der Waals surface area (Å²) in [6.07, 6.45) is 0. The van der Waals surface area contributed by atoms with Crippen molar-refractivity contribution in [2.45, 2.75) is 0 Å². The molecule has 0 aliphatic heterocycles. The molecule has 0 saturated heterocycles. The second-order valence-corrected chi connectivity index (χ2v) is 15.0. The lowest BCUT2D eigenvalue weighted by Gasteiger charge is -2.19. The molecular formula is C46H26S2. The highest BCUT2D eigenvalue weighted by Crippen LogP contribution is 2.49. The standard InChI is InChI=1S/C46H26S2/c1-3-13-34-32(11-1)43(28-21-19-27(20-22-28)29-23-24-40-37(25-29)31-10-5-6-16-39(31)47-40)33-12-2-4-14-35(33)45(34)38-26-30-9-7-17-41-44(30)46-36(38)15-8-18-42(46)48-41/h1-26H. The second kappa shape index (κ2) is 9.98. The SMILES string of the molecule is c1ccc2c(c1)sc1ccc(-c3ccc(-c4c5ccccc5c(-c5cc6cccc7sc8cccc5c8c67)c5ccccc45)cc3)cc12. The minimum absolute atomic E-state index is 1.24. The van der Waals surface area contributed by atoms with Gasteiger partial charge in [0.05, 0.1) is 0 Å². The van der Waals surface area contributed by atoms with Gasteiger partial charge in [0.15, 0.2) is 0 Å². The molecule has 0 aliphatic rings. The number of benzene rings is 9. The van der Waals surface area contributed by atoms with Crippen molar-refractivity contribution in [3.63, 3.8) is 0 Å². The van der Waals surface area contributed by atoms with Crippen molar-refractivity contribution >= 4 is 95.3 Å². The Morgan fingerprint density at radius 1 is 0.292 bits per heavy atom. The molecular weight excluding hydrogens is 617 g/mol. The van der Waals surface area contributed by atoms with Crippen LogP contribution in [0.1, 0.15) is 0 Å². The van der Waals surface area contributed by atoms with Gasteiger partial charge in [0.25, 0.3) is 0 Å². The van der Waals surface area contributed by atoms with Crippen LogP contribution in [0.25, 0.3) is 106 Å². The maximum absolute atomic E-state index is 2.44. The smallest absolute Gasteiger partial charge is 0.0361 e. The fourth-order valence-corrected chi connectivity index (χ4v) is 10.4. The molecule has 0 aliphatic carbocycles. The topological polar surface area (TPSA) is 0 Å². The lowest BCUT2D eigenvalue weighted by atomic mass is 9.83. The molecule has 0 saturated carbocycles. The van der Waals surface area contributed by atoms with Gasteiger partial charge in [0, 0.05) is 40.3 Å². The van der Waals surface area contributed by atoms with Gasteiger partial charge in [0.2, 0.25) is 0 Å². The van der Waals surface area contributed by atoms with Gasteiger partial charge in [-0.3, -0.25) is 0 Å². The summed E-state index contributed by atoms with van der Waals surface area (Å²) in [4.78, 5) is 0. The predicted molar refractivity (Wildman–Crippen MR) is 212 cm³/mol. The minimum atomic E-state index is 1.24. The molecule has 0 N–H and O–H groups in total. The highest BCUT2D eigenvalue weighted by Gasteiger charge is 2.21. The molecule has 11 aromatic rings. The quantitative estimate of drug-likeness (QED) is 0.133. The van der Waals surface area contributed by atoms with Crippen LogP contribution in [0.4, 0.5) is 0 Å². The Kier molecular flexibility index (Phi) is 5.51. The van der Waals surface area contributed by atoms with Gasteiger partial charge in [-0.25, -0.2) is 0 Å². The molecule has 0 amide bonds. The Balaban J connectivity index is 1.14. The van der Waals surface area contributed by atoms with Crippen LogP contribution >= 0.6 is 22.7 Å². The molecule has 0 nitrogen and oxygen atoms in total. The van der Waals surface area contributed by atoms with Crippen molar-refractivity contribution in [2.75, 3.05) is 0 Å². The molecule has 11 rings (SSSR count). The Labute approximate surface area is 285 Å². The summed E-state index contributed by atoms with van der Waals surface area (Å²) in [5.74, 6) is 0. The average Bonchev–Trinajstić information content (AvgIpc) is 3.72. The largest absolute Gasteiger partial charge is 0.135 e. The number of rotatable bonds is 3. The first-order chi connectivity index (χ1) is 23.8. The van der Waals surface area contributed by atoms with Crippen LogP contribution in [0.2, 0.25) is 0 Å². The summed E-state index contributed by atoms with van der Waals surface area (Å²) in [5, 5.41) is 13.3. The van der Waals surface area contributed by atoms with Crippen LogP contribution in [-0.4, -0.2) is 0 Å². The first-order valence-electron chi connectivity index (χ1n) is 16.4. The van der Waals surface area contributed by atoms with E-state index >= 15 is 0 Å². The van der Waals surface area contributed by atoms with Crippen molar-refractivity contribution in [3.8, 4) is 33.4 Å². The van der Waals surface area contributed by atoms with Crippen molar-refractivity contribution in [2.24, 2.45) is 0 Å². The fourth-order valence-electron chi connectivity index (χ4n) is 8.14. The zero-order chi connectivity index (χ0) is 31.3. The summed E-state index contributed by atoms with van der Waals surface area (Å²) in [6, 6.07) is 58.9. The van der Waals surface area contributed by atoms with Crippen LogP contribution in [0.5, 0.6) is 0 Å². The van der Waals surface area contributed by atoms with E-state index < -0.39 is 0 Å². The summed E-state index contributed by atoms with van der Waals surface area (Å²) in [7, 11) is 0. The lowest BCUT2D eigenvalue weighted by Crippen LogP contribution is -1.92. The van der Waals surface area contributed by atoms with Gasteiger partial charge in [-0.05, 0) is 102 Å². The Hall–Kier alpha value is -5.54. The zero-order valence-corrected chi connectivity index (χ0v) is 27.5. The lowest BCUT2D eigenvalue weighted by molar-refractivity contribution is 1.64. The average molecular weight is 643 g/mol. The molecule has 0 bridgehead atoms. The normalized spacial score (nSPS) is 12.2. The van der Waals surface area contributed by atoms with E-state index in [2.05, 4.69) is 158 Å². The Bertz CT molecular complexity index is 2990. The molecule has 48 heavy (non-hydrogen) atoms. The van der Waals surface area contributed by atoms with Crippen molar-refractivity contribution in [1.82, 2.24) is 0 Å². The third kappa shape index (κ3) is 3.70. The van der Waals surface area contributed by atoms with E-state index in [1.165, 1.54) is 106 Å². The van der Waals surface area contributed by atoms with Gasteiger partial charge in [0.1, 0.15) is 0 Å². The van der Waals surface area contributed by atoms with Crippen LogP contribution in [0.15, 0.2) is 158 Å². The number of thiophene rings is 2. The Morgan fingerprint density at radius 2 is 0.812 bits per heavy atom. The number of hydrogen-bond acceptors (Lipinski definition) is 2. The zero-order valence-electron chi connectivity index (χ0n) is 25.8. The molecule has 0 atom stereocenters. The van der Waals surface area contributed by atoms with E-state index in [4.69, 9.17) is 0 Å². The molecule has 0 spiro atoms. The molecule has 2 heterocycles. The van der Waals surface area contributed by atoms with Crippen molar-refractivity contribution in [3.05, 3.63) is 158 Å². The molecule has 0 unspecified atom stereocenters. The number of fused-ring (bicyclic) bond motifs is 5. The van der Waals surface area contributed by atoms with Crippen LogP contribution in [0.3, 0.4) is 0 Å². The number of hydrogen-bond donors (Lipinski definition) is 0. The van der Waals surface area contributed by atoms with Gasteiger partial charge < -0.3 is 0 Å². The summed E-state index contributed by atoms with van der Waals surface area (Å²) >= 11 is 3.77. The van der Waals surface area contributed by atoms with Crippen LogP contribution in [0, 0.1) is 0 Å². The fraction of sp³-hybridized carbons (Fsp3) is 0. The van der Waals surface area contributed by atoms with E-state index in [-0.39, 0.29) is 0 Å². The molecule has 222 valence electrons. The predicted octanol–water partition coefficient (Wildman–Crippen LogP) is 14.3. The highest BCUT2D eigenvalue weighted by atomic mass is 32.1. The second-order valence-electron chi connectivity index (χ2n) is 12.8. The maximum Gasteiger partial charge on any atom is 0.0361 e. The molecule has 0 fully saturated rings. The van der Waals surface area contributed by atoms with E-state index in [0.29, 0.717) is 0 Å². The van der Waals surface area contributed by atoms with Gasteiger partial charge in [-0.15, -0.1) is 22.7 Å². The van der Waals surface area contributed by atoms with E-state index in [1.807, 2.05) is 22.7 Å². The van der Waals surface area contributed by atoms with Crippen LogP contribution in [-0.2, 0) is 0 Å². The first-order valence-corrected chi connectivity index (χ1v) is 18.1. The van der Waals surface area contributed by atoms with E-state index in [1.54, 1.807) is 0 Å². The maximum atomic E-state index is 2.44. The summed E-state index contributed by atoms with van der Waals surface area (Å²) in [6.45, 7) is 0. The third-order valence-electron chi connectivity index (χ3n) is 10.2. The Morgan fingerprint density at radius 3 is 1.56 bits per heavy atom. The first kappa shape index (κ1) is 26.5. The van der Waals surface area contributed by atoms with Crippen molar-refractivity contribution in [1.29, 1.82) is 0 Å². The minimum Gasteiger partial charge on any atom is -0.135 e. The molecule has 2 aromatic heterocycles. The molecule has 2 heteroatoms. The van der Waals surface area contributed by atoms with Gasteiger partial charge >= 0.3 is 0 Å². The van der Waals surface area contributed by atoms with Gasteiger partial charge in [-0.1, -0.05) is 121 Å². The summed E-state index contributed by atoms with van der Waals surface area (Å²) < 4.78 is 5.40. The monoisotopic (exact) mass is 642 g/mol. The molecule has 9 aromatic carbocycles. The van der Waals surface area contributed by atoms with E-state index in [0.717, 1.165) is 0 Å².